The Morgan fingerprint density at radius 2 is 2.22 bits per heavy atom. The highest BCUT2D eigenvalue weighted by molar-refractivity contribution is 5.72. The van der Waals surface area contributed by atoms with Gasteiger partial charge in [0.15, 0.2) is 0 Å². The number of carbonyl (C=O) groups is 1. The SMILES string of the molecule is CC(=O)NCC1CN(C2CCCCC2O)CCO1. The van der Waals surface area contributed by atoms with Gasteiger partial charge in [-0.2, -0.15) is 0 Å². The van der Waals surface area contributed by atoms with Crippen LogP contribution in [0.15, 0.2) is 0 Å². The molecule has 1 aliphatic heterocycles. The molecule has 0 aromatic rings. The van der Waals surface area contributed by atoms with Gasteiger partial charge >= 0.3 is 0 Å². The van der Waals surface area contributed by atoms with Crippen LogP contribution in [0.3, 0.4) is 0 Å². The minimum atomic E-state index is -0.196. The second-order valence-electron chi connectivity index (χ2n) is 5.34. The highest BCUT2D eigenvalue weighted by Gasteiger charge is 2.32. The van der Waals surface area contributed by atoms with Crippen LogP contribution in [0, 0.1) is 0 Å². The largest absolute Gasteiger partial charge is 0.391 e. The first-order chi connectivity index (χ1) is 8.66. The summed E-state index contributed by atoms with van der Waals surface area (Å²) in [5.41, 5.74) is 0. The van der Waals surface area contributed by atoms with Crippen LogP contribution in [0.25, 0.3) is 0 Å². The van der Waals surface area contributed by atoms with Gasteiger partial charge in [0.25, 0.3) is 0 Å². The van der Waals surface area contributed by atoms with Crippen molar-refractivity contribution in [3.8, 4) is 0 Å². The quantitative estimate of drug-likeness (QED) is 0.753. The van der Waals surface area contributed by atoms with Crippen molar-refractivity contribution < 1.29 is 14.6 Å². The molecule has 3 atom stereocenters. The van der Waals surface area contributed by atoms with E-state index in [-0.39, 0.29) is 24.2 Å². The highest BCUT2D eigenvalue weighted by atomic mass is 16.5. The van der Waals surface area contributed by atoms with Crippen LogP contribution in [-0.4, -0.2) is 60.4 Å². The molecular formula is C13H24N2O3. The number of hydrogen-bond acceptors (Lipinski definition) is 4. The summed E-state index contributed by atoms with van der Waals surface area (Å²) in [5.74, 6) is -0.0200. The van der Waals surface area contributed by atoms with E-state index in [0.29, 0.717) is 13.2 Å². The van der Waals surface area contributed by atoms with Gasteiger partial charge in [-0.25, -0.2) is 0 Å². The second-order valence-corrected chi connectivity index (χ2v) is 5.34. The van der Waals surface area contributed by atoms with Gasteiger partial charge in [-0.05, 0) is 12.8 Å². The summed E-state index contributed by atoms with van der Waals surface area (Å²) in [6, 6.07) is 0.280. The van der Waals surface area contributed by atoms with Gasteiger partial charge in [0.05, 0.1) is 18.8 Å². The van der Waals surface area contributed by atoms with Crippen molar-refractivity contribution in [2.45, 2.75) is 50.9 Å². The van der Waals surface area contributed by atoms with E-state index in [4.69, 9.17) is 4.74 Å². The lowest BCUT2D eigenvalue weighted by Crippen LogP contribution is -2.54. The minimum absolute atomic E-state index is 0.0200. The molecular weight excluding hydrogens is 232 g/mol. The third kappa shape index (κ3) is 3.67. The van der Waals surface area contributed by atoms with E-state index < -0.39 is 0 Å². The summed E-state index contributed by atoms with van der Waals surface area (Å²) < 4.78 is 5.65. The molecule has 104 valence electrons. The van der Waals surface area contributed by atoms with E-state index in [1.807, 2.05) is 0 Å². The van der Waals surface area contributed by atoms with Crippen LogP contribution in [-0.2, 0) is 9.53 Å². The Balaban J connectivity index is 1.83. The van der Waals surface area contributed by atoms with Crippen molar-refractivity contribution >= 4 is 5.91 Å². The van der Waals surface area contributed by atoms with Crippen molar-refractivity contribution in [2.24, 2.45) is 0 Å². The van der Waals surface area contributed by atoms with E-state index in [1.165, 1.54) is 13.3 Å². The van der Waals surface area contributed by atoms with Gasteiger partial charge in [-0.15, -0.1) is 0 Å². The molecule has 5 nitrogen and oxygen atoms in total. The Morgan fingerprint density at radius 1 is 1.44 bits per heavy atom. The van der Waals surface area contributed by atoms with E-state index >= 15 is 0 Å². The molecule has 0 radical (unpaired) electrons. The maximum Gasteiger partial charge on any atom is 0.216 e. The molecule has 2 fully saturated rings. The lowest BCUT2D eigenvalue weighted by Gasteiger charge is -2.42. The monoisotopic (exact) mass is 256 g/mol. The number of aliphatic hydroxyl groups is 1. The summed E-state index contributed by atoms with van der Waals surface area (Å²) >= 11 is 0. The van der Waals surface area contributed by atoms with Gasteiger partial charge in [0.2, 0.25) is 5.91 Å². The molecule has 3 unspecified atom stereocenters. The van der Waals surface area contributed by atoms with Gasteiger partial charge in [0.1, 0.15) is 0 Å². The molecule has 0 bridgehead atoms. The Morgan fingerprint density at radius 3 is 2.94 bits per heavy atom. The van der Waals surface area contributed by atoms with E-state index in [2.05, 4.69) is 10.2 Å². The number of hydrogen-bond donors (Lipinski definition) is 2. The minimum Gasteiger partial charge on any atom is -0.391 e. The fourth-order valence-corrected chi connectivity index (χ4v) is 2.94. The molecule has 1 aliphatic carbocycles. The number of morpholine rings is 1. The van der Waals surface area contributed by atoms with Crippen molar-refractivity contribution in [3.05, 3.63) is 0 Å². The number of aliphatic hydroxyl groups excluding tert-OH is 1. The predicted octanol–water partition coefficient (Wildman–Crippen LogP) is 0.127. The van der Waals surface area contributed by atoms with Gasteiger partial charge in [-0.1, -0.05) is 12.8 Å². The van der Waals surface area contributed by atoms with Crippen LogP contribution >= 0.6 is 0 Å². The first-order valence-electron chi connectivity index (χ1n) is 6.95. The molecule has 1 heterocycles. The normalized spacial score (nSPS) is 34.2. The number of ether oxygens (including phenoxy) is 1. The Labute approximate surface area is 108 Å². The van der Waals surface area contributed by atoms with Gasteiger partial charge in [-0.3, -0.25) is 9.69 Å². The molecule has 1 amide bonds. The topological polar surface area (TPSA) is 61.8 Å². The average Bonchev–Trinajstić information content (AvgIpc) is 2.37. The smallest absolute Gasteiger partial charge is 0.216 e. The molecule has 0 aromatic heterocycles. The Hall–Kier alpha value is -0.650. The zero-order valence-electron chi connectivity index (χ0n) is 11.1. The van der Waals surface area contributed by atoms with Crippen molar-refractivity contribution in [1.82, 2.24) is 10.2 Å². The third-order valence-electron chi connectivity index (χ3n) is 3.91. The maximum absolute atomic E-state index is 10.9. The molecule has 1 saturated carbocycles. The second kappa shape index (κ2) is 6.50. The molecule has 1 saturated heterocycles. The zero-order valence-corrected chi connectivity index (χ0v) is 11.1. The van der Waals surface area contributed by atoms with Crippen molar-refractivity contribution in [2.75, 3.05) is 26.2 Å². The number of nitrogens with zero attached hydrogens (tertiary/aromatic N) is 1. The van der Waals surface area contributed by atoms with E-state index in [1.54, 1.807) is 0 Å². The van der Waals surface area contributed by atoms with Gasteiger partial charge in [0, 0.05) is 32.6 Å². The van der Waals surface area contributed by atoms with Crippen LogP contribution in [0.1, 0.15) is 32.6 Å². The fraction of sp³-hybridized carbons (Fsp3) is 0.923. The number of rotatable bonds is 3. The molecule has 2 rings (SSSR count). The zero-order chi connectivity index (χ0) is 13.0. The van der Waals surface area contributed by atoms with Crippen molar-refractivity contribution in [3.63, 3.8) is 0 Å². The van der Waals surface area contributed by atoms with E-state index in [9.17, 15) is 9.90 Å². The molecule has 2 aliphatic rings. The Kier molecular flexibility index (Phi) is 4.97. The standard InChI is InChI=1S/C13H24N2O3/c1-10(16)14-8-11-9-15(6-7-18-11)12-4-2-3-5-13(12)17/h11-13,17H,2-9H2,1H3,(H,14,16). The lowest BCUT2D eigenvalue weighted by molar-refractivity contribution is -0.120. The number of nitrogens with one attached hydrogen (secondary N) is 1. The number of amides is 1. The first-order valence-corrected chi connectivity index (χ1v) is 6.95. The summed E-state index contributed by atoms with van der Waals surface area (Å²) in [6.07, 6.45) is 4.19. The highest BCUT2D eigenvalue weighted by Crippen LogP contribution is 2.24. The van der Waals surface area contributed by atoms with Crippen LogP contribution < -0.4 is 5.32 Å². The van der Waals surface area contributed by atoms with Gasteiger partial charge < -0.3 is 15.2 Å². The molecule has 0 aromatic carbocycles. The maximum atomic E-state index is 10.9. The molecule has 2 N–H and O–H groups in total. The summed E-state index contributed by atoms with van der Waals surface area (Å²) in [5, 5.41) is 12.9. The third-order valence-corrected chi connectivity index (χ3v) is 3.91. The van der Waals surface area contributed by atoms with Crippen molar-refractivity contribution in [1.29, 1.82) is 0 Å². The molecule has 0 spiro atoms. The summed E-state index contributed by atoms with van der Waals surface area (Å²) in [6.45, 7) is 4.47. The first kappa shape index (κ1) is 13.8. The predicted molar refractivity (Wildman–Crippen MR) is 68.3 cm³/mol. The average molecular weight is 256 g/mol. The summed E-state index contributed by atoms with van der Waals surface area (Å²) in [4.78, 5) is 13.2. The lowest BCUT2D eigenvalue weighted by atomic mass is 9.91. The van der Waals surface area contributed by atoms with Crippen LogP contribution in [0.2, 0.25) is 0 Å². The van der Waals surface area contributed by atoms with E-state index in [0.717, 1.165) is 32.4 Å². The van der Waals surface area contributed by atoms with Crippen LogP contribution in [0.4, 0.5) is 0 Å². The Bertz CT molecular complexity index is 285. The fourth-order valence-electron chi connectivity index (χ4n) is 2.94. The summed E-state index contributed by atoms with van der Waals surface area (Å²) in [7, 11) is 0. The van der Waals surface area contributed by atoms with Crippen LogP contribution in [0.5, 0.6) is 0 Å². The number of carbonyl (C=O) groups excluding carboxylic acids is 1. The molecule has 18 heavy (non-hydrogen) atoms. The molecule has 5 heteroatoms.